The molecule has 21 heavy (non-hydrogen) atoms. The van der Waals surface area contributed by atoms with Crippen LogP contribution in [0.1, 0.15) is 64.5 Å². The molecular formula is C18H30ClNO. The molecule has 1 aromatic carbocycles. The normalized spacial score (nSPS) is 14.4. The van der Waals surface area contributed by atoms with Gasteiger partial charge in [0.1, 0.15) is 0 Å². The van der Waals surface area contributed by atoms with Gasteiger partial charge in [0.25, 0.3) is 0 Å². The van der Waals surface area contributed by atoms with Gasteiger partial charge in [0.2, 0.25) is 0 Å². The highest BCUT2D eigenvalue weighted by Crippen LogP contribution is 2.25. The summed E-state index contributed by atoms with van der Waals surface area (Å²) in [7, 11) is 0. The summed E-state index contributed by atoms with van der Waals surface area (Å²) in [5.74, 6) is 0. The first-order valence-corrected chi connectivity index (χ1v) is 8.69. The molecule has 0 saturated heterocycles. The van der Waals surface area contributed by atoms with Gasteiger partial charge < -0.3 is 5.11 Å². The van der Waals surface area contributed by atoms with Gasteiger partial charge in [0.15, 0.2) is 0 Å². The first kappa shape index (κ1) is 18.5. The Morgan fingerprint density at radius 1 is 1.00 bits per heavy atom. The lowest BCUT2D eigenvalue weighted by molar-refractivity contribution is 0.0437. The summed E-state index contributed by atoms with van der Waals surface area (Å²) in [5.41, 5.74) is 0.962. The first-order chi connectivity index (χ1) is 10.1. The Morgan fingerprint density at radius 3 is 1.95 bits per heavy atom. The van der Waals surface area contributed by atoms with E-state index in [-0.39, 0.29) is 6.04 Å². The lowest BCUT2D eigenvalue weighted by atomic mass is 9.98. The molecule has 2 nitrogen and oxygen atoms in total. The zero-order valence-electron chi connectivity index (χ0n) is 13.7. The number of halogens is 1. The minimum absolute atomic E-state index is 0.185. The molecule has 1 N–H and O–H groups in total. The van der Waals surface area contributed by atoms with Crippen LogP contribution in [0.3, 0.4) is 0 Å². The van der Waals surface area contributed by atoms with Crippen LogP contribution in [0.15, 0.2) is 24.3 Å². The fraction of sp³-hybridized carbons (Fsp3) is 0.667. The lowest BCUT2D eigenvalue weighted by Gasteiger charge is -2.34. The molecule has 1 aromatic rings. The van der Waals surface area contributed by atoms with Gasteiger partial charge in [-0.3, -0.25) is 4.90 Å². The number of aliphatic hydroxyl groups is 1. The van der Waals surface area contributed by atoms with Gasteiger partial charge in [-0.15, -0.1) is 0 Å². The Hall–Kier alpha value is -0.570. The molecule has 0 amide bonds. The molecule has 1 rings (SSSR count). The van der Waals surface area contributed by atoms with E-state index in [4.69, 9.17) is 11.6 Å². The van der Waals surface area contributed by atoms with Crippen LogP contribution in [0.2, 0.25) is 5.02 Å². The summed E-state index contributed by atoms with van der Waals surface area (Å²) in [6, 6.07) is 7.77. The second-order valence-electron chi connectivity index (χ2n) is 5.72. The van der Waals surface area contributed by atoms with E-state index in [0.29, 0.717) is 5.02 Å². The number of rotatable bonds is 10. The molecule has 0 heterocycles. The van der Waals surface area contributed by atoms with Gasteiger partial charge in [-0.25, -0.2) is 0 Å². The molecule has 0 aliphatic carbocycles. The molecule has 120 valence electrons. The van der Waals surface area contributed by atoms with Gasteiger partial charge in [-0.1, -0.05) is 57.3 Å². The maximum absolute atomic E-state index is 10.8. The van der Waals surface area contributed by atoms with Crippen LogP contribution in [0.25, 0.3) is 0 Å². The van der Waals surface area contributed by atoms with Crippen molar-refractivity contribution in [1.29, 1.82) is 0 Å². The van der Waals surface area contributed by atoms with Crippen molar-refractivity contribution in [3.05, 3.63) is 34.9 Å². The summed E-state index contributed by atoms with van der Waals surface area (Å²) >= 11 is 5.94. The molecule has 0 aliphatic heterocycles. The highest BCUT2D eigenvalue weighted by Gasteiger charge is 2.25. The molecular weight excluding hydrogens is 282 g/mol. The van der Waals surface area contributed by atoms with E-state index in [2.05, 4.69) is 25.7 Å². The van der Waals surface area contributed by atoms with Gasteiger partial charge in [0.05, 0.1) is 6.10 Å². The van der Waals surface area contributed by atoms with E-state index in [1.165, 1.54) is 25.7 Å². The topological polar surface area (TPSA) is 23.5 Å². The number of aliphatic hydroxyl groups excluding tert-OH is 1. The van der Waals surface area contributed by atoms with Crippen molar-refractivity contribution in [3.8, 4) is 0 Å². The maximum Gasteiger partial charge on any atom is 0.0945 e. The van der Waals surface area contributed by atoms with Crippen molar-refractivity contribution in [2.24, 2.45) is 0 Å². The minimum atomic E-state index is -0.444. The summed E-state index contributed by atoms with van der Waals surface area (Å²) in [6.45, 7) is 8.73. The number of nitrogens with zero attached hydrogens (tertiary/aromatic N) is 1. The Labute approximate surface area is 135 Å². The van der Waals surface area contributed by atoms with Gasteiger partial charge in [0, 0.05) is 11.1 Å². The van der Waals surface area contributed by atoms with Crippen LogP contribution >= 0.6 is 11.6 Å². The first-order valence-electron chi connectivity index (χ1n) is 8.31. The van der Waals surface area contributed by atoms with E-state index in [1.54, 1.807) is 0 Å². The van der Waals surface area contributed by atoms with Gasteiger partial charge in [-0.2, -0.15) is 0 Å². The molecule has 0 radical (unpaired) electrons. The Kier molecular flexibility index (Phi) is 8.98. The third-order valence-corrected chi connectivity index (χ3v) is 4.31. The van der Waals surface area contributed by atoms with Crippen LogP contribution in [0.5, 0.6) is 0 Å². The lowest BCUT2D eigenvalue weighted by Crippen LogP contribution is -2.40. The van der Waals surface area contributed by atoms with Crippen LogP contribution in [0, 0.1) is 0 Å². The number of hydrogen-bond acceptors (Lipinski definition) is 2. The molecule has 0 spiro atoms. The van der Waals surface area contributed by atoms with Crippen molar-refractivity contribution in [1.82, 2.24) is 4.90 Å². The summed E-state index contributed by atoms with van der Waals surface area (Å²) < 4.78 is 0. The molecule has 2 unspecified atom stereocenters. The van der Waals surface area contributed by atoms with Crippen LogP contribution in [-0.2, 0) is 0 Å². The maximum atomic E-state index is 10.8. The van der Waals surface area contributed by atoms with Crippen LogP contribution in [0.4, 0.5) is 0 Å². The summed E-state index contributed by atoms with van der Waals surface area (Å²) in [5, 5.41) is 11.5. The molecule has 0 saturated carbocycles. The van der Waals surface area contributed by atoms with Crippen molar-refractivity contribution < 1.29 is 5.11 Å². The van der Waals surface area contributed by atoms with E-state index in [0.717, 1.165) is 25.1 Å². The van der Waals surface area contributed by atoms with Crippen molar-refractivity contribution >= 4 is 11.6 Å². The molecule has 0 aliphatic rings. The van der Waals surface area contributed by atoms with Gasteiger partial charge in [-0.05, 0) is 50.0 Å². The second-order valence-corrected chi connectivity index (χ2v) is 6.15. The van der Waals surface area contributed by atoms with Crippen LogP contribution in [-0.4, -0.2) is 29.1 Å². The average Bonchev–Trinajstić information content (AvgIpc) is 2.50. The third kappa shape index (κ3) is 5.98. The SMILES string of the molecule is CCCCN(CCCC)C(CC)C(O)c1ccc(Cl)cc1. The summed E-state index contributed by atoms with van der Waals surface area (Å²) in [4.78, 5) is 2.46. The van der Waals surface area contributed by atoms with Crippen molar-refractivity contribution in [2.45, 2.75) is 65.0 Å². The zero-order valence-corrected chi connectivity index (χ0v) is 14.4. The van der Waals surface area contributed by atoms with Crippen LogP contribution < -0.4 is 0 Å². The second kappa shape index (κ2) is 10.2. The zero-order chi connectivity index (χ0) is 15.7. The van der Waals surface area contributed by atoms with Crippen molar-refractivity contribution in [3.63, 3.8) is 0 Å². The molecule has 0 bridgehead atoms. The fourth-order valence-electron chi connectivity index (χ4n) is 2.73. The quantitative estimate of drug-likeness (QED) is 0.653. The van der Waals surface area contributed by atoms with E-state index >= 15 is 0 Å². The smallest absolute Gasteiger partial charge is 0.0945 e. The molecule has 0 fully saturated rings. The highest BCUT2D eigenvalue weighted by molar-refractivity contribution is 6.30. The molecule has 3 heteroatoms. The predicted molar refractivity (Wildman–Crippen MR) is 91.9 cm³/mol. The van der Waals surface area contributed by atoms with E-state index < -0.39 is 6.10 Å². The monoisotopic (exact) mass is 311 g/mol. The fourth-order valence-corrected chi connectivity index (χ4v) is 2.86. The van der Waals surface area contributed by atoms with E-state index in [9.17, 15) is 5.11 Å². The van der Waals surface area contributed by atoms with Gasteiger partial charge >= 0.3 is 0 Å². The molecule has 2 atom stereocenters. The average molecular weight is 312 g/mol. The number of benzene rings is 1. The number of hydrogen-bond donors (Lipinski definition) is 1. The third-order valence-electron chi connectivity index (χ3n) is 4.06. The standard InChI is InChI=1S/C18H30ClNO/c1-4-7-13-20(14-8-5-2)17(6-3)18(21)15-9-11-16(19)12-10-15/h9-12,17-18,21H,4-8,13-14H2,1-3H3. The Balaban J connectivity index is 2.81. The van der Waals surface area contributed by atoms with E-state index in [1.807, 2.05) is 24.3 Å². The Bertz CT molecular complexity index is 371. The molecule has 0 aromatic heterocycles. The van der Waals surface area contributed by atoms with Crippen molar-refractivity contribution in [2.75, 3.05) is 13.1 Å². The largest absolute Gasteiger partial charge is 0.387 e. The highest BCUT2D eigenvalue weighted by atomic mass is 35.5. The number of unbranched alkanes of at least 4 members (excludes halogenated alkanes) is 2. The predicted octanol–water partition coefficient (Wildman–Crippen LogP) is 5.05. The summed E-state index contributed by atoms with van der Waals surface area (Å²) in [6.07, 6.45) is 5.27. The minimum Gasteiger partial charge on any atom is -0.387 e. The Morgan fingerprint density at radius 2 is 1.52 bits per heavy atom.